The number of hydrogen-bond donors (Lipinski definition) is 1. The van der Waals surface area contributed by atoms with E-state index in [0.717, 1.165) is 31.6 Å². The van der Waals surface area contributed by atoms with Crippen molar-refractivity contribution >= 4 is 10.0 Å². The van der Waals surface area contributed by atoms with Crippen molar-refractivity contribution in [3.05, 3.63) is 83.7 Å². The molecule has 32 heavy (non-hydrogen) atoms. The van der Waals surface area contributed by atoms with E-state index in [9.17, 15) is 8.42 Å². The second-order valence-electron chi connectivity index (χ2n) is 8.22. The van der Waals surface area contributed by atoms with E-state index in [2.05, 4.69) is 44.5 Å². The number of aryl methyl sites for hydroxylation is 1. The number of fused-ring (bicyclic) bond motifs is 1. The highest BCUT2D eigenvalue weighted by Crippen LogP contribution is 2.28. The van der Waals surface area contributed by atoms with Crippen LogP contribution in [0.5, 0.6) is 5.75 Å². The van der Waals surface area contributed by atoms with E-state index in [0.29, 0.717) is 18.9 Å². The van der Waals surface area contributed by atoms with Crippen molar-refractivity contribution in [1.29, 1.82) is 0 Å². The lowest BCUT2D eigenvalue weighted by Crippen LogP contribution is -2.41. The highest BCUT2D eigenvalue weighted by atomic mass is 32.2. The first-order chi connectivity index (χ1) is 15.5. The van der Waals surface area contributed by atoms with Gasteiger partial charge in [-0.3, -0.25) is 4.90 Å². The van der Waals surface area contributed by atoms with Crippen molar-refractivity contribution in [2.45, 2.75) is 37.2 Å². The molecule has 3 aromatic rings. The Bertz CT molecular complexity index is 1140. The topological polar surface area (TPSA) is 63.6 Å². The van der Waals surface area contributed by atoms with E-state index >= 15 is 0 Å². The molecular weight excluding hydrogens is 422 g/mol. The number of nitrogens with one attached hydrogen (secondary N) is 1. The Hall–Kier alpha value is -2.61. The largest absolute Gasteiger partial charge is 0.494 e. The van der Waals surface area contributed by atoms with Crippen LogP contribution in [0, 0.1) is 0 Å². The minimum atomic E-state index is -3.64. The van der Waals surface area contributed by atoms with Crippen LogP contribution in [0.2, 0.25) is 0 Å². The molecule has 2 heterocycles. The van der Waals surface area contributed by atoms with Gasteiger partial charge >= 0.3 is 0 Å². The lowest BCUT2D eigenvalue weighted by molar-refractivity contribution is 0.174. The minimum absolute atomic E-state index is 0.0645. The molecular formula is C25H31N3O3S. The average molecular weight is 454 g/mol. The fourth-order valence-corrected chi connectivity index (χ4v) is 5.27. The molecule has 1 N–H and O–H groups in total. The summed E-state index contributed by atoms with van der Waals surface area (Å²) in [6.07, 6.45) is 3.87. The summed E-state index contributed by atoms with van der Waals surface area (Å²) in [5, 5.41) is 0. The summed E-state index contributed by atoms with van der Waals surface area (Å²) in [5.41, 5.74) is 3.78. The summed E-state index contributed by atoms with van der Waals surface area (Å²) in [4.78, 5) is 2.61. The van der Waals surface area contributed by atoms with Crippen molar-refractivity contribution in [3.8, 4) is 5.75 Å². The maximum absolute atomic E-state index is 13.0. The monoisotopic (exact) mass is 453 g/mol. The third kappa shape index (κ3) is 5.06. The maximum atomic E-state index is 13.0. The van der Waals surface area contributed by atoms with Gasteiger partial charge in [-0.05, 0) is 60.4 Å². The smallest absolute Gasteiger partial charge is 0.240 e. The van der Waals surface area contributed by atoms with Crippen molar-refractivity contribution in [1.82, 2.24) is 14.2 Å². The van der Waals surface area contributed by atoms with Crippen LogP contribution in [0.3, 0.4) is 0 Å². The Balaban J connectivity index is 1.51. The molecule has 1 unspecified atom stereocenters. The Labute approximate surface area is 190 Å². The predicted octanol–water partition coefficient (Wildman–Crippen LogP) is 3.89. The summed E-state index contributed by atoms with van der Waals surface area (Å²) in [6, 6.07) is 19.1. The number of sulfonamides is 1. The van der Waals surface area contributed by atoms with Crippen LogP contribution in [-0.4, -0.2) is 37.6 Å². The van der Waals surface area contributed by atoms with Crippen LogP contribution in [0.15, 0.2) is 71.8 Å². The quantitative estimate of drug-likeness (QED) is 0.534. The first-order valence-electron chi connectivity index (χ1n) is 11.1. The van der Waals surface area contributed by atoms with E-state index in [-0.39, 0.29) is 10.9 Å². The molecule has 0 saturated carbocycles. The number of benzene rings is 2. The summed E-state index contributed by atoms with van der Waals surface area (Å²) < 4.78 is 36.5. The van der Waals surface area contributed by atoms with Crippen molar-refractivity contribution < 1.29 is 13.2 Å². The number of nitrogens with zero attached hydrogens (tertiary/aromatic N) is 2. The van der Waals surface area contributed by atoms with Gasteiger partial charge in [0, 0.05) is 38.6 Å². The molecule has 4 rings (SSSR count). The van der Waals surface area contributed by atoms with E-state index in [1.807, 2.05) is 26.2 Å². The fraction of sp³-hybridized carbons (Fsp3) is 0.360. The van der Waals surface area contributed by atoms with Crippen molar-refractivity contribution in [2.75, 3.05) is 19.7 Å². The third-order valence-corrected chi connectivity index (χ3v) is 7.44. The highest BCUT2D eigenvalue weighted by molar-refractivity contribution is 7.89. The molecule has 1 aliphatic heterocycles. The molecule has 0 radical (unpaired) electrons. The molecule has 2 aromatic carbocycles. The van der Waals surface area contributed by atoms with Crippen LogP contribution < -0.4 is 9.46 Å². The van der Waals surface area contributed by atoms with Gasteiger partial charge in [0.25, 0.3) is 0 Å². The minimum Gasteiger partial charge on any atom is -0.494 e. The SMILES string of the molecule is CCCOc1ccc(S(=O)(=O)NCC(c2cccn2C)N2CCc3ccccc3C2)cc1. The van der Waals surface area contributed by atoms with Gasteiger partial charge in [-0.25, -0.2) is 13.1 Å². The van der Waals surface area contributed by atoms with E-state index in [1.54, 1.807) is 24.3 Å². The molecule has 0 amide bonds. The Morgan fingerprint density at radius 2 is 1.78 bits per heavy atom. The lowest BCUT2D eigenvalue weighted by atomic mass is 9.98. The van der Waals surface area contributed by atoms with E-state index < -0.39 is 10.0 Å². The predicted molar refractivity (Wildman–Crippen MR) is 126 cm³/mol. The van der Waals surface area contributed by atoms with Gasteiger partial charge in [0.1, 0.15) is 5.75 Å². The van der Waals surface area contributed by atoms with Crippen LogP contribution in [-0.2, 0) is 30.0 Å². The summed E-state index contributed by atoms with van der Waals surface area (Å²) in [6.45, 7) is 4.64. The van der Waals surface area contributed by atoms with Gasteiger partial charge in [0.2, 0.25) is 10.0 Å². The Kier molecular flexibility index (Phi) is 6.98. The summed E-state index contributed by atoms with van der Waals surface area (Å²) in [5.74, 6) is 0.680. The second-order valence-corrected chi connectivity index (χ2v) is 9.99. The van der Waals surface area contributed by atoms with Crippen LogP contribution >= 0.6 is 0 Å². The second kappa shape index (κ2) is 9.90. The van der Waals surface area contributed by atoms with Crippen LogP contribution in [0.1, 0.15) is 36.2 Å². The molecule has 0 aliphatic carbocycles. The van der Waals surface area contributed by atoms with Crippen LogP contribution in [0.4, 0.5) is 0 Å². The van der Waals surface area contributed by atoms with Crippen LogP contribution in [0.25, 0.3) is 0 Å². The number of aromatic nitrogens is 1. The molecule has 1 aromatic heterocycles. The zero-order valence-electron chi connectivity index (χ0n) is 18.7. The van der Waals surface area contributed by atoms with Gasteiger partial charge in [0.05, 0.1) is 17.5 Å². The summed E-state index contributed by atoms with van der Waals surface area (Å²) in [7, 11) is -1.63. The number of hydrogen-bond acceptors (Lipinski definition) is 4. The molecule has 0 bridgehead atoms. The molecule has 0 saturated heterocycles. The van der Waals surface area contributed by atoms with Crippen molar-refractivity contribution in [2.24, 2.45) is 7.05 Å². The summed E-state index contributed by atoms with van der Waals surface area (Å²) >= 11 is 0. The first kappa shape index (κ1) is 22.6. The van der Waals surface area contributed by atoms with Gasteiger partial charge in [-0.1, -0.05) is 31.2 Å². The Morgan fingerprint density at radius 3 is 2.47 bits per heavy atom. The molecule has 0 spiro atoms. The normalized spacial score (nSPS) is 15.3. The average Bonchev–Trinajstić information content (AvgIpc) is 3.23. The number of ether oxygens (including phenoxy) is 1. The molecule has 1 atom stereocenters. The van der Waals surface area contributed by atoms with Gasteiger partial charge in [0.15, 0.2) is 0 Å². The molecule has 0 fully saturated rings. The van der Waals surface area contributed by atoms with Gasteiger partial charge < -0.3 is 9.30 Å². The van der Waals surface area contributed by atoms with Gasteiger partial charge in [-0.15, -0.1) is 0 Å². The fourth-order valence-electron chi connectivity index (χ4n) is 4.23. The highest BCUT2D eigenvalue weighted by Gasteiger charge is 2.28. The Morgan fingerprint density at radius 1 is 1.03 bits per heavy atom. The first-order valence-corrected chi connectivity index (χ1v) is 12.6. The van der Waals surface area contributed by atoms with Gasteiger partial charge in [-0.2, -0.15) is 0 Å². The third-order valence-electron chi connectivity index (χ3n) is 6.00. The molecule has 170 valence electrons. The maximum Gasteiger partial charge on any atom is 0.240 e. The molecule has 1 aliphatic rings. The standard InChI is InChI=1S/C25H31N3O3S/c1-3-17-31-22-10-12-23(13-11-22)32(29,30)26-18-25(24-9-6-15-27(24)2)28-16-14-20-7-4-5-8-21(20)19-28/h4-13,15,25-26H,3,14,16-19H2,1-2H3. The van der Waals surface area contributed by atoms with Crippen molar-refractivity contribution in [3.63, 3.8) is 0 Å². The lowest BCUT2D eigenvalue weighted by Gasteiger charge is -2.36. The molecule has 7 heteroatoms. The zero-order valence-corrected chi connectivity index (χ0v) is 19.5. The molecule has 6 nitrogen and oxygen atoms in total. The number of rotatable bonds is 9. The van der Waals surface area contributed by atoms with E-state index in [4.69, 9.17) is 4.74 Å². The van der Waals surface area contributed by atoms with E-state index in [1.165, 1.54) is 11.1 Å². The zero-order chi connectivity index (χ0) is 22.6.